The predicted molar refractivity (Wildman–Crippen MR) is 81.4 cm³/mol. The zero-order valence-electron chi connectivity index (χ0n) is 11.1. The van der Waals surface area contributed by atoms with Crippen LogP contribution in [0.1, 0.15) is 5.56 Å². The number of hydrogen-bond donors (Lipinski definition) is 1. The molecule has 1 aromatic heterocycles. The molecule has 0 radical (unpaired) electrons. The average Bonchev–Trinajstić information content (AvgIpc) is 2.93. The summed E-state index contributed by atoms with van der Waals surface area (Å²) in [7, 11) is 0. The number of nitrogens with zero attached hydrogens (tertiary/aromatic N) is 4. The highest BCUT2D eigenvalue weighted by molar-refractivity contribution is 9.10. The first kappa shape index (κ1) is 13.7. The SMILES string of the molecule is Cc1ccc(N)cc1-c1nnnn1-c1ccc(F)c(Br)c1. The number of anilines is 1. The Morgan fingerprint density at radius 3 is 2.76 bits per heavy atom. The Kier molecular flexibility index (Phi) is 3.42. The van der Waals surface area contributed by atoms with E-state index in [0.717, 1.165) is 11.1 Å². The molecule has 3 rings (SSSR count). The highest BCUT2D eigenvalue weighted by Crippen LogP contribution is 2.26. The Bertz CT molecular complexity index is 815. The third kappa shape index (κ3) is 2.52. The van der Waals surface area contributed by atoms with E-state index >= 15 is 0 Å². The lowest BCUT2D eigenvalue weighted by Crippen LogP contribution is -2.01. The van der Waals surface area contributed by atoms with E-state index in [1.54, 1.807) is 16.8 Å². The fourth-order valence-corrected chi connectivity index (χ4v) is 2.39. The third-order valence-corrected chi connectivity index (χ3v) is 3.73. The van der Waals surface area contributed by atoms with E-state index in [-0.39, 0.29) is 5.82 Å². The molecule has 1 heterocycles. The summed E-state index contributed by atoms with van der Waals surface area (Å²) in [6, 6.07) is 10.1. The number of hydrogen-bond acceptors (Lipinski definition) is 4. The number of aryl methyl sites for hydroxylation is 1. The fraction of sp³-hybridized carbons (Fsp3) is 0.0714. The predicted octanol–water partition coefficient (Wildman–Crippen LogP) is 3.12. The smallest absolute Gasteiger partial charge is 0.187 e. The second-order valence-corrected chi connectivity index (χ2v) is 5.44. The summed E-state index contributed by atoms with van der Waals surface area (Å²) < 4.78 is 15.3. The van der Waals surface area contributed by atoms with Crippen LogP contribution in [0.5, 0.6) is 0 Å². The monoisotopic (exact) mass is 347 g/mol. The van der Waals surface area contributed by atoms with Crippen LogP contribution in [0, 0.1) is 12.7 Å². The van der Waals surface area contributed by atoms with Crippen molar-refractivity contribution in [1.82, 2.24) is 20.2 Å². The van der Waals surface area contributed by atoms with Crippen LogP contribution in [0.3, 0.4) is 0 Å². The molecule has 0 spiro atoms. The Balaban J connectivity index is 2.17. The molecule has 2 aromatic carbocycles. The molecule has 0 unspecified atom stereocenters. The van der Waals surface area contributed by atoms with Gasteiger partial charge in [0.2, 0.25) is 0 Å². The van der Waals surface area contributed by atoms with Gasteiger partial charge in [0.25, 0.3) is 0 Å². The van der Waals surface area contributed by atoms with Crippen molar-refractivity contribution < 1.29 is 4.39 Å². The second kappa shape index (κ2) is 5.25. The zero-order chi connectivity index (χ0) is 15.0. The summed E-state index contributed by atoms with van der Waals surface area (Å²) in [6.45, 7) is 1.95. The Morgan fingerprint density at radius 2 is 2.00 bits per heavy atom. The molecule has 2 N–H and O–H groups in total. The number of halogens is 2. The molecule has 0 amide bonds. The molecule has 7 heteroatoms. The van der Waals surface area contributed by atoms with Crippen molar-refractivity contribution in [2.45, 2.75) is 6.92 Å². The van der Waals surface area contributed by atoms with Crippen molar-refractivity contribution in [3.63, 3.8) is 0 Å². The molecular formula is C14H11BrFN5. The van der Waals surface area contributed by atoms with Gasteiger partial charge in [0, 0.05) is 11.3 Å². The van der Waals surface area contributed by atoms with E-state index in [1.807, 2.05) is 25.1 Å². The number of nitrogen functional groups attached to an aromatic ring is 1. The Labute approximate surface area is 128 Å². The summed E-state index contributed by atoms with van der Waals surface area (Å²) in [5, 5.41) is 11.7. The number of tetrazole rings is 1. The van der Waals surface area contributed by atoms with Crippen LogP contribution in [-0.2, 0) is 0 Å². The van der Waals surface area contributed by atoms with E-state index in [1.165, 1.54) is 6.07 Å². The maximum atomic E-state index is 13.4. The van der Waals surface area contributed by atoms with Crippen molar-refractivity contribution in [2.75, 3.05) is 5.73 Å². The van der Waals surface area contributed by atoms with Gasteiger partial charge in [0.05, 0.1) is 10.2 Å². The van der Waals surface area contributed by atoms with Gasteiger partial charge >= 0.3 is 0 Å². The fourth-order valence-electron chi connectivity index (χ4n) is 2.03. The number of benzene rings is 2. The van der Waals surface area contributed by atoms with Gasteiger partial charge in [0.1, 0.15) is 5.82 Å². The van der Waals surface area contributed by atoms with Gasteiger partial charge < -0.3 is 5.73 Å². The normalized spacial score (nSPS) is 10.8. The summed E-state index contributed by atoms with van der Waals surface area (Å²) in [6.07, 6.45) is 0. The summed E-state index contributed by atoms with van der Waals surface area (Å²) >= 11 is 3.16. The first-order valence-corrected chi connectivity index (χ1v) is 6.96. The van der Waals surface area contributed by atoms with Crippen molar-refractivity contribution in [3.8, 4) is 17.1 Å². The summed E-state index contributed by atoms with van der Waals surface area (Å²) in [5.41, 5.74) is 8.95. The molecule has 0 aliphatic rings. The van der Waals surface area contributed by atoms with Crippen LogP contribution in [0.4, 0.5) is 10.1 Å². The van der Waals surface area contributed by atoms with E-state index in [0.29, 0.717) is 21.7 Å². The van der Waals surface area contributed by atoms with Gasteiger partial charge in [-0.05, 0) is 69.2 Å². The van der Waals surface area contributed by atoms with Crippen molar-refractivity contribution in [2.24, 2.45) is 0 Å². The van der Waals surface area contributed by atoms with Crippen molar-refractivity contribution in [1.29, 1.82) is 0 Å². The van der Waals surface area contributed by atoms with Gasteiger partial charge in [-0.1, -0.05) is 6.07 Å². The van der Waals surface area contributed by atoms with Crippen LogP contribution in [0.25, 0.3) is 17.1 Å². The van der Waals surface area contributed by atoms with Crippen molar-refractivity contribution >= 4 is 21.6 Å². The molecule has 0 saturated heterocycles. The minimum Gasteiger partial charge on any atom is -0.399 e. The number of rotatable bonds is 2. The topological polar surface area (TPSA) is 69.6 Å². The largest absolute Gasteiger partial charge is 0.399 e. The van der Waals surface area contributed by atoms with Crippen LogP contribution < -0.4 is 5.73 Å². The Hall–Kier alpha value is -2.28. The van der Waals surface area contributed by atoms with Crippen LogP contribution in [0.15, 0.2) is 40.9 Å². The third-order valence-electron chi connectivity index (χ3n) is 3.12. The van der Waals surface area contributed by atoms with Gasteiger partial charge in [-0.2, -0.15) is 4.68 Å². The van der Waals surface area contributed by atoms with Gasteiger partial charge in [-0.25, -0.2) is 4.39 Å². The minimum atomic E-state index is -0.339. The first-order chi connectivity index (χ1) is 10.1. The lowest BCUT2D eigenvalue weighted by molar-refractivity contribution is 0.620. The van der Waals surface area contributed by atoms with Gasteiger partial charge in [0.15, 0.2) is 5.82 Å². The second-order valence-electron chi connectivity index (χ2n) is 4.59. The lowest BCUT2D eigenvalue weighted by atomic mass is 10.1. The molecule has 0 saturated carbocycles. The van der Waals surface area contributed by atoms with E-state index in [9.17, 15) is 4.39 Å². The van der Waals surface area contributed by atoms with Crippen LogP contribution in [0.2, 0.25) is 0 Å². The molecule has 5 nitrogen and oxygen atoms in total. The molecule has 0 aliphatic heterocycles. The standard InChI is InChI=1S/C14H11BrFN5/c1-8-2-3-9(17)6-11(8)14-18-19-20-21(14)10-4-5-13(16)12(15)7-10/h2-7H,17H2,1H3. The molecule has 106 valence electrons. The average molecular weight is 348 g/mol. The van der Waals surface area contributed by atoms with E-state index in [4.69, 9.17) is 5.73 Å². The van der Waals surface area contributed by atoms with Crippen molar-refractivity contribution in [3.05, 3.63) is 52.3 Å². The molecule has 0 bridgehead atoms. The molecule has 0 atom stereocenters. The minimum absolute atomic E-state index is 0.339. The number of aromatic nitrogens is 4. The van der Waals surface area contributed by atoms with E-state index in [2.05, 4.69) is 31.5 Å². The number of nitrogens with two attached hydrogens (primary N) is 1. The van der Waals surface area contributed by atoms with Gasteiger partial charge in [-0.15, -0.1) is 5.10 Å². The van der Waals surface area contributed by atoms with Crippen LogP contribution >= 0.6 is 15.9 Å². The Morgan fingerprint density at radius 1 is 1.19 bits per heavy atom. The maximum absolute atomic E-state index is 13.4. The highest BCUT2D eigenvalue weighted by Gasteiger charge is 2.14. The quantitative estimate of drug-likeness (QED) is 0.723. The first-order valence-electron chi connectivity index (χ1n) is 6.16. The van der Waals surface area contributed by atoms with Crippen LogP contribution in [-0.4, -0.2) is 20.2 Å². The maximum Gasteiger partial charge on any atom is 0.187 e. The molecular weight excluding hydrogens is 337 g/mol. The van der Waals surface area contributed by atoms with Gasteiger partial charge in [-0.3, -0.25) is 0 Å². The lowest BCUT2D eigenvalue weighted by Gasteiger charge is -2.08. The molecule has 3 aromatic rings. The molecule has 0 fully saturated rings. The summed E-state index contributed by atoms with van der Waals surface area (Å²) in [4.78, 5) is 0. The molecule has 21 heavy (non-hydrogen) atoms. The zero-order valence-corrected chi connectivity index (χ0v) is 12.7. The molecule has 0 aliphatic carbocycles. The summed E-state index contributed by atoms with van der Waals surface area (Å²) in [5.74, 6) is 0.215. The highest BCUT2D eigenvalue weighted by atomic mass is 79.9. The van der Waals surface area contributed by atoms with E-state index < -0.39 is 0 Å².